The molecular formula is C14H22FNO2. The third kappa shape index (κ3) is 4.27. The maximum atomic E-state index is 13.8. The summed E-state index contributed by atoms with van der Waals surface area (Å²) in [6.45, 7) is 8.23. The summed E-state index contributed by atoms with van der Waals surface area (Å²) in [4.78, 5) is 0. The van der Waals surface area contributed by atoms with Gasteiger partial charge in [0, 0.05) is 18.2 Å². The van der Waals surface area contributed by atoms with Crippen LogP contribution in [-0.2, 0) is 4.74 Å². The van der Waals surface area contributed by atoms with Gasteiger partial charge in [0.25, 0.3) is 0 Å². The first-order valence-corrected chi connectivity index (χ1v) is 6.43. The predicted molar refractivity (Wildman–Crippen MR) is 70.5 cm³/mol. The molecule has 1 unspecified atom stereocenters. The van der Waals surface area contributed by atoms with Crippen LogP contribution in [0.4, 0.5) is 4.39 Å². The van der Waals surface area contributed by atoms with E-state index in [4.69, 9.17) is 9.47 Å². The number of para-hydroxylation sites is 1. The molecule has 0 radical (unpaired) electrons. The highest BCUT2D eigenvalue weighted by Gasteiger charge is 2.14. The maximum Gasteiger partial charge on any atom is 0.165 e. The van der Waals surface area contributed by atoms with Crippen molar-refractivity contribution in [2.24, 2.45) is 0 Å². The summed E-state index contributed by atoms with van der Waals surface area (Å²) in [5, 5.41) is 3.25. The highest BCUT2D eigenvalue weighted by atomic mass is 19.1. The van der Waals surface area contributed by atoms with Crippen LogP contribution in [0, 0.1) is 5.82 Å². The number of rotatable bonds is 8. The molecule has 1 atom stereocenters. The molecule has 0 heterocycles. The van der Waals surface area contributed by atoms with E-state index in [0.29, 0.717) is 25.6 Å². The van der Waals surface area contributed by atoms with Gasteiger partial charge in [0.15, 0.2) is 11.6 Å². The van der Waals surface area contributed by atoms with Gasteiger partial charge in [0.05, 0.1) is 6.61 Å². The zero-order valence-electron chi connectivity index (χ0n) is 11.3. The molecule has 0 amide bonds. The van der Waals surface area contributed by atoms with E-state index in [1.807, 2.05) is 26.8 Å². The third-order valence-corrected chi connectivity index (χ3v) is 2.65. The van der Waals surface area contributed by atoms with Gasteiger partial charge in [-0.15, -0.1) is 0 Å². The fourth-order valence-corrected chi connectivity index (χ4v) is 1.78. The van der Waals surface area contributed by atoms with Crippen molar-refractivity contribution in [1.29, 1.82) is 0 Å². The second-order valence-electron chi connectivity index (χ2n) is 3.98. The Morgan fingerprint density at radius 2 is 2.06 bits per heavy atom. The van der Waals surface area contributed by atoms with Crippen molar-refractivity contribution in [2.75, 3.05) is 26.4 Å². The molecule has 1 aromatic rings. The molecule has 0 fully saturated rings. The van der Waals surface area contributed by atoms with Crippen LogP contribution in [0.5, 0.6) is 5.75 Å². The Hall–Kier alpha value is -1.13. The number of hydrogen-bond donors (Lipinski definition) is 1. The van der Waals surface area contributed by atoms with E-state index in [2.05, 4.69) is 5.32 Å². The molecule has 0 bridgehead atoms. The normalized spacial score (nSPS) is 12.4. The van der Waals surface area contributed by atoms with Crippen LogP contribution in [0.2, 0.25) is 0 Å². The van der Waals surface area contributed by atoms with Crippen LogP contribution in [0.25, 0.3) is 0 Å². The monoisotopic (exact) mass is 255 g/mol. The average Bonchev–Trinajstić information content (AvgIpc) is 2.36. The van der Waals surface area contributed by atoms with E-state index in [0.717, 1.165) is 12.1 Å². The number of benzene rings is 1. The predicted octanol–water partition coefficient (Wildman–Crippen LogP) is 2.91. The lowest BCUT2D eigenvalue weighted by Crippen LogP contribution is -2.19. The van der Waals surface area contributed by atoms with Crippen molar-refractivity contribution in [3.63, 3.8) is 0 Å². The molecule has 4 heteroatoms. The topological polar surface area (TPSA) is 30.5 Å². The Balaban J connectivity index is 2.73. The summed E-state index contributed by atoms with van der Waals surface area (Å²) in [6.07, 6.45) is 0. The Morgan fingerprint density at radius 3 is 2.72 bits per heavy atom. The summed E-state index contributed by atoms with van der Waals surface area (Å²) >= 11 is 0. The van der Waals surface area contributed by atoms with E-state index in [9.17, 15) is 4.39 Å². The summed E-state index contributed by atoms with van der Waals surface area (Å²) in [6, 6.07) is 5.06. The molecule has 0 aromatic heterocycles. The van der Waals surface area contributed by atoms with Crippen molar-refractivity contribution < 1.29 is 13.9 Å². The number of halogens is 1. The quantitative estimate of drug-likeness (QED) is 0.724. The highest BCUT2D eigenvalue weighted by molar-refractivity contribution is 5.37. The minimum atomic E-state index is -0.325. The van der Waals surface area contributed by atoms with Gasteiger partial charge in [0.2, 0.25) is 0 Å². The number of hydrogen-bond acceptors (Lipinski definition) is 3. The fraction of sp³-hybridized carbons (Fsp3) is 0.571. The third-order valence-electron chi connectivity index (χ3n) is 2.65. The molecule has 0 aliphatic rings. The molecule has 0 saturated carbocycles. The van der Waals surface area contributed by atoms with Gasteiger partial charge in [-0.3, -0.25) is 0 Å². The van der Waals surface area contributed by atoms with Crippen LogP contribution in [0.15, 0.2) is 18.2 Å². The van der Waals surface area contributed by atoms with Gasteiger partial charge in [0.1, 0.15) is 6.61 Å². The van der Waals surface area contributed by atoms with E-state index >= 15 is 0 Å². The molecule has 0 saturated heterocycles. The minimum Gasteiger partial charge on any atom is -0.488 e. The van der Waals surface area contributed by atoms with Gasteiger partial charge < -0.3 is 14.8 Å². The Kier molecular flexibility index (Phi) is 6.68. The maximum absolute atomic E-state index is 13.8. The van der Waals surface area contributed by atoms with Gasteiger partial charge in [-0.1, -0.05) is 19.1 Å². The standard InChI is InChI=1S/C14H22FNO2/c1-4-16-11(3)12-7-6-8-13(15)14(12)18-10-9-17-5-2/h6-8,11,16H,4-5,9-10H2,1-3H3. The largest absolute Gasteiger partial charge is 0.488 e. The summed E-state index contributed by atoms with van der Waals surface area (Å²) in [7, 11) is 0. The second-order valence-corrected chi connectivity index (χ2v) is 3.98. The van der Waals surface area contributed by atoms with Crippen LogP contribution in [0.3, 0.4) is 0 Å². The minimum absolute atomic E-state index is 0.0628. The first kappa shape index (κ1) is 14.9. The fourth-order valence-electron chi connectivity index (χ4n) is 1.78. The van der Waals surface area contributed by atoms with E-state index in [1.165, 1.54) is 6.07 Å². The molecule has 1 rings (SSSR count). The second kappa shape index (κ2) is 8.06. The molecule has 3 nitrogen and oxygen atoms in total. The molecule has 1 N–H and O–H groups in total. The SMILES string of the molecule is CCNC(C)c1cccc(F)c1OCCOCC. The molecule has 0 aliphatic carbocycles. The molecule has 18 heavy (non-hydrogen) atoms. The van der Waals surface area contributed by atoms with Gasteiger partial charge >= 0.3 is 0 Å². The van der Waals surface area contributed by atoms with Crippen LogP contribution in [-0.4, -0.2) is 26.4 Å². The smallest absolute Gasteiger partial charge is 0.165 e. The van der Waals surface area contributed by atoms with E-state index in [-0.39, 0.29) is 11.9 Å². The van der Waals surface area contributed by atoms with Crippen molar-refractivity contribution in [3.05, 3.63) is 29.6 Å². The van der Waals surface area contributed by atoms with Gasteiger partial charge in [-0.05, 0) is 26.5 Å². The van der Waals surface area contributed by atoms with Gasteiger partial charge in [-0.2, -0.15) is 0 Å². The van der Waals surface area contributed by atoms with Crippen LogP contribution in [0.1, 0.15) is 32.4 Å². The van der Waals surface area contributed by atoms with Crippen molar-refractivity contribution in [3.8, 4) is 5.75 Å². The Morgan fingerprint density at radius 1 is 1.28 bits per heavy atom. The summed E-state index contributed by atoms with van der Waals surface area (Å²) in [5.74, 6) is -0.000551. The average molecular weight is 255 g/mol. The molecule has 0 spiro atoms. The highest BCUT2D eigenvalue weighted by Crippen LogP contribution is 2.28. The Bertz CT molecular complexity index is 358. The van der Waals surface area contributed by atoms with E-state index < -0.39 is 0 Å². The number of nitrogens with one attached hydrogen (secondary N) is 1. The first-order valence-electron chi connectivity index (χ1n) is 6.43. The lowest BCUT2D eigenvalue weighted by molar-refractivity contribution is 0.108. The van der Waals surface area contributed by atoms with E-state index in [1.54, 1.807) is 6.07 Å². The van der Waals surface area contributed by atoms with Crippen molar-refractivity contribution in [2.45, 2.75) is 26.8 Å². The Labute approximate surface area is 108 Å². The molecule has 0 aliphatic heterocycles. The molecular weight excluding hydrogens is 233 g/mol. The van der Waals surface area contributed by atoms with Crippen LogP contribution >= 0.6 is 0 Å². The van der Waals surface area contributed by atoms with Crippen LogP contribution < -0.4 is 10.1 Å². The molecule has 102 valence electrons. The summed E-state index contributed by atoms with van der Waals surface area (Å²) < 4.78 is 24.4. The zero-order chi connectivity index (χ0) is 13.4. The van der Waals surface area contributed by atoms with Crippen molar-refractivity contribution >= 4 is 0 Å². The number of ether oxygens (including phenoxy) is 2. The first-order chi connectivity index (χ1) is 8.70. The summed E-state index contributed by atoms with van der Waals surface area (Å²) in [5.41, 5.74) is 0.841. The molecule has 1 aromatic carbocycles. The van der Waals surface area contributed by atoms with Crippen molar-refractivity contribution in [1.82, 2.24) is 5.32 Å². The lowest BCUT2D eigenvalue weighted by atomic mass is 10.1. The van der Waals surface area contributed by atoms with Gasteiger partial charge in [-0.25, -0.2) is 4.39 Å². The lowest BCUT2D eigenvalue weighted by Gasteiger charge is -2.18. The zero-order valence-corrected chi connectivity index (χ0v) is 11.3.